The second kappa shape index (κ2) is 6.85. The average molecular weight is 285 g/mol. The molecule has 5 heteroatoms. The summed E-state index contributed by atoms with van der Waals surface area (Å²) in [6.45, 7) is 0.505. The predicted octanol–water partition coefficient (Wildman–Crippen LogP) is 1.32. The minimum atomic E-state index is -0.596. The van der Waals surface area contributed by atoms with Crippen molar-refractivity contribution in [3.63, 3.8) is 0 Å². The molecule has 21 heavy (non-hydrogen) atoms. The van der Waals surface area contributed by atoms with E-state index in [0.717, 1.165) is 11.1 Å². The first-order valence-electron chi connectivity index (χ1n) is 6.73. The molecule has 1 aromatic carbocycles. The molecule has 0 aliphatic heterocycles. The van der Waals surface area contributed by atoms with E-state index in [4.69, 9.17) is 5.73 Å². The fourth-order valence-corrected chi connectivity index (χ4v) is 2.10. The Bertz CT molecular complexity index is 584. The Kier molecular flexibility index (Phi) is 4.90. The predicted molar refractivity (Wildman–Crippen MR) is 80.5 cm³/mol. The number of phenolic OH excluding ortho intramolecular Hbond substituents is 1. The van der Waals surface area contributed by atoms with Gasteiger partial charge in [-0.1, -0.05) is 12.1 Å². The van der Waals surface area contributed by atoms with Gasteiger partial charge in [0.15, 0.2) is 0 Å². The lowest BCUT2D eigenvalue weighted by molar-refractivity contribution is -0.131. The van der Waals surface area contributed by atoms with Gasteiger partial charge in [-0.3, -0.25) is 9.78 Å². The van der Waals surface area contributed by atoms with Crippen molar-refractivity contribution in [2.45, 2.75) is 19.0 Å². The van der Waals surface area contributed by atoms with Gasteiger partial charge < -0.3 is 15.7 Å². The molecule has 0 bridgehead atoms. The lowest BCUT2D eigenvalue weighted by Crippen LogP contribution is -2.42. The number of hydrogen-bond donors (Lipinski definition) is 2. The van der Waals surface area contributed by atoms with Crippen LogP contribution in [0, 0.1) is 0 Å². The molecule has 1 amide bonds. The molecular weight excluding hydrogens is 266 g/mol. The summed E-state index contributed by atoms with van der Waals surface area (Å²) >= 11 is 0. The van der Waals surface area contributed by atoms with Crippen LogP contribution in [0.15, 0.2) is 48.8 Å². The van der Waals surface area contributed by atoms with E-state index in [1.807, 2.05) is 12.1 Å². The van der Waals surface area contributed by atoms with Gasteiger partial charge in [-0.25, -0.2) is 0 Å². The van der Waals surface area contributed by atoms with Crippen LogP contribution >= 0.6 is 0 Å². The van der Waals surface area contributed by atoms with Crippen LogP contribution in [-0.2, 0) is 17.8 Å². The Labute approximate surface area is 124 Å². The number of carbonyl (C=O) groups is 1. The van der Waals surface area contributed by atoms with Crippen LogP contribution in [0.5, 0.6) is 5.75 Å². The number of phenols is 1. The number of benzene rings is 1. The standard InChI is InChI=1S/C16H19N3O2/c1-19(11-13-6-8-18-9-7-13)16(21)15(17)10-12-2-4-14(20)5-3-12/h2-9,15,20H,10-11,17H2,1H3/t15-/m0/s1. The van der Waals surface area contributed by atoms with Gasteiger partial charge in [0, 0.05) is 26.0 Å². The van der Waals surface area contributed by atoms with Crippen molar-refractivity contribution in [3.05, 3.63) is 59.9 Å². The topological polar surface area (TPSA) is 79.5 Å². The SMILES string of the molecule is CN(Cc1ccncc1)C(=O)[C@@H](N)Cc1ccc(O)cc1. The summed E-state index contributed by atoms with van der Waals surface area (Å²) in [7, 11) is 1.74. The van der Waals surface area contributed by atoms with E-state index < -0.39 is 6.04 Å². The molecule has 1 aromatic heterocycles. The number of rotatable bonds is 5. The van der Waals surface area contributed by atoms with Crippen LogP contribution in [0.1, 0.15) is 11.1 Å². The van der Waals surface area contributed by atoms with Crippen molar-refractivity contribution < 1.29 is 9.90 Å². The van der Waals surface area contributed by atoms with E-state index in [1.54, 1.807) is 48.6 Å². The number of hydrogen-bond acceptors (Lipinski definition) is 4. The maximum absolute atomic E-state index is 12.3. The first-order valence-corrected chi connectivity index (χ1v) is 6.73. The van der Waals surface area contributed by atoms with Gasteiger partial charge in [-0.15, -0.1) is 0 Å². The van der Waals surface area contributed by atoms with E-state index in [1.165, 1.54) is 0 Å². The largest absolute Gasteiger partial charge is 0.508 e. The normalized spacial score (nSPS) is 11.9. The number of nitrogens with zero attached hydrogens (tertiary/aromatic N) is 2. The van der Waals surface area contributed by atoms with Crippen molar-refractivity contribution in [2.75, 3.05) is 7.05 Å². The molecular formula is C16H19N3O2. The number of amides is 1. The average Bonchev–Trinajstić information content (AvgIpc) is 2.49. The zero-order valence-electron chi connectivity index (χ0n) is 11.9. The van der Waals surface area contributed by atoms with Crippen molar-refractivity contribution in [1.29, 1.82) is 0 Å². The van der Waals surface area contributed by atoms with Gasteiger partial charge in [0.2, 0.25) is 5.91 Å². The Morgan fingerprint density at radius 3 is 2.43 bits per heavy atom. The molecule has 0 aliphatic carbocycles. The highest BCUT2D eigenvalue weighted by molar-refractivity contribution is 5.81. The molecule has 0 saturated heterocycles. The number of aromatic nitrogens is 1. The molecule has 0 saturated carbocycles. The molecule has 5 nitrogen and oxygen atoms in total. The van der Waals surface area contributed by atoms with Crippen molar-refractivity contribution in [3.8, 4) is 5.75 Å². The number of carbonyl (C=O) groups excluding carboxylic acids is 1. The molecule has 2 aromatic rings. The summed E-state index contributed by atoms with van der Waals surface area (Å²) in [5.41, 5.74) is 7.91. The van der Waals surface area contributed by atoms with Crippen LogP contribution in [0.4, 0.5) is 0 Å². The van der Waals surface area contributed by atoms with Gasteiger partial charge in [0.25, 0.3) is 0 Å². The fraction of sp³-hybridized carbons (Fsp3) is 0.250. The molecule has 2 rings (SSSR count). The highest BCUT2D eigenvalue weighted by atomic mass is 16.3. The van der Waals surface area contributed by atoms with E-state index >= 15 is 0 Å². The first-order chi connectivity index (χ1) is 10.1. The van der Waals surface area contributed by atoms with Crippen molar-refractivity contribution in [1.82, 2.24) is 9.88 Å². The van der Waals surface area contributed by atoms with Crippen LogP contribution in [-0.4, -0.2) is 34.0 Å². The zero-order valence-corrected chi connectivity index (χ0v) is 11.9. The summed E-state index contributed by atoms with van der Waals surface area (Å²) in [5.74, 6) is 0.0911. The smallest absolute Gasteiger partial charge is 0.239 e. The van der Waals surface area contributed by atoms with Gasteiger partial charge in [-0.05, 0) is 41.8 Å². The molecule has 1 heterocycles. The third kappa shape index (κ3) is 4.29. The number of nitrogens with two attached hydrogens (primary N) is 1. The quantitative estimate of drug-likeness (QED) is 0.868. The third-order valence-electron chi connectivity index (χ3n) is 3.25. The number of likely N-dealkylation sites (N-methyl/N-ethyl adjacent to an activating group) is 1. The maximum Gasteiger partial charge on any atom is 0.239 e. The van der Waals surface area contributed by atoms with E-state index in [9.17, 15) is 9.90 Å². The van der Waals surface area contributed by atoms with Crippen LogP contribution < -0.4 is 5.73 Å². The van der Waals surface area contributed by atoms with Gasteiger partial charge >= 0.3 is 0 Å². The van der Waals surface area contributed by atoms with Gasteiger partial charge in [-0.2, -0.15) is 0 Å². The Hall–Kier alpha value is -2.40. The minimum Gasteiger partial charge on any atom is -0.508 e. The van der Waals surface area contributed by atoms with Crippen molar-refractivity contribution >= 4 is 5.91 Å². The lowest BCUT2D eigenvalue weighted by atomic mass is 10.1. The molecule has 3 N–H and O–H groups in total. The summed E-state index contributed by atoms with van der Waals surface area (Å²) in [5, 5.41) is 9.24. The van der Waals surface area contributed by atoms with Crippen LogP contribution in [0.2, 0.25) is 0 Å². The molecule has 1 atom stereocenters. The molecule has 0 spiro atoms. The highest BCUT2D eigenvalue weighted by Gasteiger charge is 2.18. The van der Waals surface area contributed by atoms with E-state index in [-0.39, 0.29) is 11.7 Å². The maximum atomic E-state index is 12.3. The third-order valence-corrected chi connectivity index (χ3v) is 3.25. The summed E-state index contributed by atoms with van der Waals surface area (Å²) < 4.78 is 0. The van der Waals surface area contributed by atoms with E-state index in [2.05, 4.69) is 4.98 Å². The Morgan fingerprint density at radius 2 is 1.81 bits per heavy atom. The lowest BCUT2D eigenvalue weighted by Gasteiger charge is -2.21. The fourth-order valence-electron chi connectivity index (χ4n) is 2.10. The molecule has 0 unspecified atom stereocenters. The summed E-state index contributed by atoms with van der Waals surface area (Å²) in [6, 6.07) is 9.86. The molecule has 0 aliphatic rings. The number of pyridine rings is 1. The van der Waals surface area contributed by atoms with Crippen LogP contribution in [0.3, 0.4) is 0 Å². The Morgan fingerprint density at radius 1 is 1.19 bits per heavy atom. The van der Waals surface area contributed by atoms with Gasteiger partial charge in [0.05, 0.1) is 6.04 Å². The second-order valence-electron chi connectivity index (χ2n) is 5.03. The van der Waals surface area contributed by atoms with Gasteiger partial charge in [0.1, 0.15) is 5.75 Å². The van der Waals surface area contributed by atoms with E-state index in [0.29, 0.717) is 13.0 Å². The van der Waals surface area contributed by atoms with Crippen molar-refractivity contribution in [2.24, 2.45) is 5.73 Å². The molecule has 0 fully saturated rings. The monoisotopic (exact) mass is 285 g/mol. The summed E-state index contributed by atoms with van der Waals surface area (Å²) in [4.78, 5) is 17.8. The Balaban J connectivity index is 1.93. The molecule has 110 valence electrons. The highest BCUT2D eigenvalue weighted by Crippen LogP contribution is 2.12. The molecule has 0 radical (unpaired) electrons. The second-order valence-corrected chi connectivity index (χ2v) is 5.03. The summed E-state index contributed by atoms with van der Waals surface area (Å²) in [6.07, 6.45) is 3.84. The first kappa shape index (κ1) is 15.0. The van der Waals surface area contributed by atoms with Crippen LogP contribution in [0.25, 0.3) is 0 Å². The number of aromatic hydroxyl groups is 1. The zero-order chi connectivity index (χ0) is 15.2. The minimum absolute atomic E-state index is 0.111.